The van der Waals surface area contributed by atoms with E-state index in [0.717, 1.165) is 12.0 Å². The van der Waals surface area contributed by atoms with E-state index in [-0.39, 0.29) is 17.4 Å². The van der Waals surface area contributed by atoms with Crippen molar-refractivity contribution in [3.63, 3.8) is 0 Å². The molecule has 0 aliphatic heterocycles. The van der Waals surface area contributed by atoms with E-state index in [9.17, 15) is 4.79 Å². The van der Waals surface area contributed by atoms with Crippen LogP contribution in [0.1, 0.15) is 47.1 Å². The van der Waals surface area contributed by atoms with Crippen LogP contribution in [0, 0.1) is 5.41 Å². The summed E-state index contributed by atoms with van der Waals surface area (Å²) in [6.07, 6.45) is 4.44. The Labute approximate surface area is 153 Å². The third kappa shape index (κ3) is 2.92. The normalized spacial score (nSPS) is 17.7. The summed E-state index contributed by atoms with van der Waals surface area (Å²) >= 11 is 0. The molecule has 3 aromatic rings. The third-order valence-electron chi connectivity index (χ3n) is 5.21. The van der Waals surface area contributed by atoms with E-state index in [1.807, 2.05) is 34.9 Å². The van der Waals surface area contributed by atoms with Crippen molar-refractivity contribution in [2.45, 2.75) is 32.9 Å². The molecule has 0 bridgehead atoms. The molecule has 132 valence electrons. The van der Waals surface area contributed by atoms with Crippen LogP contribution >= 0.6 is 0 Å². The summed E-state index contributed by atoms with van der Waals surface area (Å²) in [7, 11) is 0. The molecule has 2 aromatic carbocycles. The fraction of sp³-hybridized carbons (Fsp3) is 0.273. The molecule has 1 aliphatic rings. The lowest BCUT2D eigenvalue weighted by atomic mass is 9.85. The number of imidazole rings is 1. The highest BCUT2D eigenvalue weighted by molar-refractivity contribution is 5.92. The Morgan fingerprint density at radius 1 is 1.15 bits per heavy atom. The minimum absolute atomic E-state index is 0.0266. The number of amides is 1. The van der Waals surface area contributed by atoms with Gasteiger partial charge >= 0.3 is 0 Å². The van der Waals surface area contributed by atoms with Crippen molar-refractivity contribution in [3.05, 3.63) is 89.5 Å². The van der Waals surface area contributed by atoms with Crippen LogP contribution in [-0.4, -0.2) is 15.5 Å². The van der Waals surface area contributed by atoms with E-state index in [1.54, 1.807) is 12.5 Å². The van der Waals surface area contributed by atoms with E-state index < -0.39 is 0 Å². The van der Waals surface area contributed by atoms with Gasteiger partial charge in [-0.3, -0.25) is 4.79 Å². The molecule has 1 amide bonds. The summed E-state index contributed by atoms with van der Waals surface area (Å²) in [6.45, 7) is 5.02. The number of nitrogens with one attached hydrogen (secondary N) is 1. The average molecular weight is 345 g/mol. The Morgan fingerprint density at radius 2 is 1.88 bits per heavy atom. The molecule has 0 fully saturated rings. The second kappa shape index (κ2) is 6.45. The lowest BCUT2D eigenvalue weighted by Gasteiger charge is -2.30. The van der Waals surface area contributed by atoms with Crippen molar-refractivity contribution in [1.82, 2.24) is 14.9 Å². The Kier molecular flexibility index (Phi) is 4.11. The summed E-state index contributed by atoms with van der Waals surface area (Å²) in [5.41, 5.74) is 4.35. The summed E-state index contributed by atoms with van der Waals surface area (Å²) in [5, 5.41) is 3.02. The van der Waals surface area contributed by atoms with Gasteiger partial charge in [0.1, 0.15) is 5.69 Å². The van der Waals surface area contributed by atoms with Crippen LogP contribution in [0.5, 0.6) is 0 Å². The van der Waals surface area contributed by atoms with Gasteiger partial charge in [0.15, 0.2) is 0 Å². The van der Waals surface area contributed by atoms with Crippen molar-refractivity contribution in [3.8, 4) is 0 Å². The highest BCUT2D eigenvalue weighted by Gasteiger charge is 2.41. The molecule has 4 nitrogen and oxygen atoms in total. The molecule has 1 aromatic heterocycles. The first kappa shape index (κ1) is 16.6. The molecule has 1 aliphatic carbocycles. The van der Waals surface area contributed by atoms with Crippen molar-refractivity contribution in [1.29, 1.82) is 0 Å². The molecular weight excluding hydrogens is 322 g/mol. The molecular formula is C22H23N3O. The number of hydrogen-bond acceptors (Lipinski definition) is 2. The first-order valence-electron chi connectivity index (χ1n) is 8.98. The molecule has 26 heavy (non-hydrogen) atoms. The van der Waals surface area contributed by atoms with Gasteiger partial charge in [-0.15, -0.1) is 0 Å². The summed E-state index contributed by atoms with van der Waals surface area (Å²) in [4.78, 5) is 17.1. The molecule has 4 heteroatoms. The van der Waals surface area contributed by atoms with E-state index in [0.29, 0.717) is 12.2 Å². The molecule has 1 heterocycles. The lowest BCUT2D eigenvalue weighted by molar-refractivity contribution is 0.0936. The minimum atomic E-state index is -0.0912. The van der Waals surface area contributed by atoms with Gasteiger partial charge in [-0.25, -0.2) is 4.98 Å². The number of carbonyl (C=O) groups is 1. The van der Waals surface area contributed by atoms with Crippen LogP contribution in [0.25, 0.3) is 0 Å². The molecule has 1 atom stereocenters. The fourth-order valence-corrected chi connectivity index (χ4v) is 4.05. The number of aromatic nitrogens is 2. The number of benzene rings is 2. The Morgan fingerprint density at radius 3 is 2.69 bits per heavy atom. The monoisotopic (exact) mass is 345 g/mol. The Hall–Kier alpha value is -2.88. The highest BCUT2D eigenvalue weighted by atomic mass is 16.1. The molecule has 1 unspecified atom stereocenters. The Balaban J connectivity index is 1.62. The smallest absolute Gasteiger partial charge is 0.269 e. The van der Waals surface area contributed by atoms with E-state index in [4.69, 9.17) is 0 Å². The predicted octanol–water partition coefficient (Wildman–Crippen LogP) is 3.98. The van der Waals surface area contributed by atoms with Crippen LogP contribution < -0.4 is 5.32 Å². The van der Waals surface area contributed by atoms with E-state index in [2.05, 4.69) is 48.4 Å². The zero-order valence-electron chi connectivity index (χ0n) is 15.1. The van der Waals surface area contributed by atoms with Gasteiger partial charge in [-0.05, 0) is 28.5 Å². The zero-order valence-corrected chi connectivity index (χ0v) is 15.1. The van der Waals surface area contributed by atoms with Gasteiger partial charge in [0.25, 0.3) is 5.91 Å². The van der Waals surface area contributed by atoms with E-state index >= 15 is 0 Å². The number of fused-ring (bicyclic) bond motifs is 1. The first-order chi connectivity index (χ1) is 12.6. The van der Waals surface area contributed by atoms with Gasteiger partial charge in [0.2, 0.25) is 0 Å². The summed E-state index contributed by atoms with van der Waals surface area (Å²) in [6, 6.07) is 18.6. The van der Waals surface area contributed by atoms with Crippen molar-refractivity contribution in [2.75, 3.05) is 0 Å². The van der Waals surface area contributed by atoms with Crippen molar-refractivity contribution >= 4 is 5.91 Å². The number of rotatable bonds is 4. The second-order valence-electron chi connectivity index (χ2n) is 7.62. The number of hydrogen-bond donors (Lipinski definition) is 1. The molecule has 4 rings (SSSR count). The molecule has 0 spiro atoms. The van der Waals surface area contributed by atoms with Gasteiger partial charge < -0.3 is 9.88 Å². The molecule has 1 N–H and O–H groups in total. The first-order valence-corrected chi connectivity index (χ1v) is 8.98. The standard InChI is InChI=1S/C22H23N3O/c1-22(2)12-17-10-6-7-11-18(17)20(22)25-15-23-14-19(25)21(26)24-13-16-8-4-3-5-9-16/h3-11,14-15,20H,12-13H2,1-2H3,(H,24,26). The second-order valence-corrected chi connectivity index (χ2v) is 7.62. The maximum absolute atomic E-state index is 12.8. The van der Waals surface area contributed by atoms with Gasteiger partial charge in [-0.1, -0.05) is 68.4 Å². The van der Waals surface area contributed by atoms with Gasteiger partial charge in [0.05, 0.1) is 18.6 Å². The summed E-state index contributed by atoms with van der Waals surface area (Å²) in [5.74, 6) is -0.0912. The van der Waals surface area contributed by atoms with Crippen LogP contribution in [0.15, 0.2) is 67.1 Å². The maximum Gasteiger partial charge on any atom is 0.269 e. The van der Waals surface area contributed by atoms with Crippen LogP contribution in [-0.2, 0) is 13.0 Å². The zero-order chi connectivity index (χ0) is 18.1. The van der Waals surface area contributed by atoms with Crippen molar-refractivity contribution < 1.29 is 4.79 Å². The van der Waals surface area contributed by atoms with Gasteiger partial charge in [-0.2, -0.15) is 0 Å². The predicted molar refractivity (Wildman–Crippen MR) is 102 cm³/mol. The number of carbonyl (C=O) groups excluding carboxylic acids is 1. The largest absolute Gasteiger partial charge is 0.347 e. The highest BCUT2D eigenvalue weighted by Crippen LogP contribution is 2.47. The average Bonchev–Trinajstić information content (AvgIpc) is 3.20. The molecule has 0 saturated heterocycles. The van der Waals surface area contributed by atoms with Gasteiger partial charge in [0, 0.05) is 6.54 Å². The topological polar surface area (TPSA) is 46.9 Å². The number of nitrogens with zero attached hydrogens (tertiary/aromatic N) is 2. The van der Waals surface area contributed by atoms with Crippen LogP contribution in [0.4, 0.5) is 0 Å². The fourth-order valence-electron chi connectivity index (χ4n) is 4.05. The van der Waals surface area contributed by atoms with Crippen LogP contribution in [0.2, 0.25) is 0 Å². The maximum atomic E-state index is 12.8. The third-order valence-corrected chi connectivity index (χ3v) is 5.21. The van der Waals surface area contributed by atoms with Crippen LogP contribution in [0.3, 0.4) is 0 Å². The van der Waals surface area contributed by atoms with Crippen molar-refractivity contribution in [2.24, 2.45) is 5.41 Å². The minimum Gasteiger partial charge on any atom is -0.347 e. The van der Waals surface area contributed by atoms with E-state index in [1.165, 1.54) is 11.1 Å². The molecule has 0 radical (unpaired) electrons. The Bertz CT molecular complexity index is 927. The quantitative estimate of drug-likeness (QED) is 0.777. The lowest BCUT2D eigenvalue weighted by Crippen LogP contribution is -2.30. The summed E-state index contributed by atoms with van der Waals surface area (Å²) < 4.78 is 2.03. The molecule has 0 saturated carbocycles. The SMILES string of the molecule is CC1(C)Cc2ccccc2C1n1cncc1C(=O)NCc1ccccc1.